The molecule has 394 valence electrons. The molecule has 12 rings (SSSR count). The topological polar surface area (TPSA) is 72.3 Å². The van der Waals surface area contributed by atoms with Gasteiger partial charge in [-0.1, -0.05) is 84.9 Å². The van der Waals surface area contributed by atoms with Crippen LogP contribution in [0.3, 0.4) is 0 Å². The monoisotopic (exact) mass is 1090 g/mol. The van der Waals surface area contributed by atoms with Crippen LogP contribution in [0.25, 0.3) is 111 Å². The minimum absolute atomic E-state index is 0.0819. The van der Waals surface area contributed by atoms with Crippen LogP contribution in [0.2, 0.25) is 0 Å². The van der Waals surface area contributed by atoms with Gasteiger partial charge in [0.25, 0.3) is 0 Å². The third kappa shape index (κ3) is 8.99. The molecule has 0 aliphatic carbocycles. The fourth-order valence-corrected chi connectivity index (χ4v) is 10.2. The highest BCUT2D eigenvalue weighted by Crippen LogP contribution is 2.46. The molecule has 0 spiro atoms. The van der Waals surface area contributed by atoms with Crippen molar-refractivity contribution >= 4 is 43.6 Å². The van der Waals surface area contributed by atoms with Crippen LogP contribution < -0.4 is 0 Å². The number of hydrogen-bond acceptors (Lipinski definition) is 4. The molecular weight excluding hydrogens is 1060 g/mol. The number of fused-ring (bicyclic) bond motifs is 6. The molecule has 0 atom stereocenters. The van der Waals surface area contributed by atoms with Crippen molar-refractivity contribution in [1.82, 2.24) is 24.1 Å². The van der Waals surface area contributed by atoms with Gasteiger partial charge in [0, 0.05) is 54.9 Å². The largest absolute Gasteiger partial charge is 0.416 e. The van der Waals surface area contributed by atoms with Crippen LogP contribution in [0.1, 0.15) is 27.8 Å². The van der Waals surface area contributed by atoms with Crippen molar-refractivity contribution in [3.8, 4) is 73.9 Å². The summed E-state index contributed by atoms with van der Waals surface area (Å²) in [5.41, 5.74) is -0.751. The van der Waals surface area contributed by atoms with E-state index in [2.05, 4.69) is 6.07 Å². The molecule has 9 aromatic carbocycles. The Labute approximate surface area is 444 Å². The van der Waals surface area contributed by atoms with Gasteiger partial charge in [-0.15, -0.1) is 0 Å². The highest BCUT2D eigenvalue weighted by atomic mass is 19.4. The molecule has 3 heterocycles. The lowest BCUT2D eigenvalue weighted by atomic mass is 9.93. The van der Waals surface area contributed by atoms with E-state index in [1.807, 2.05) is 36.4 Å². The molecule has 12 aromatic rings. The molecule has 0 fully saturated rings. The molecule has 0 bridgehead atoms. The van der Waals surface area contributed by atoms with Crippen LogP contribution in [0, 0.1) is 11.3 Å². The lowest BCUT2D eigenvalue weighted by Crippen LogP contribution is -2.05. The maximum absolute atomic E-state index is 14.4. The molecule has 18 heteroatoms. The van der Waals surface area contributed by atoms with E-state index in [0.717, 1.165) is 60.7 Å². The van der Waals surface area contributed by atoms with Crippen molar-refractivity contribution in [2.45, 2.75) is 24.7 Å². The summed E-state index contributed by atoms with van der Waals surface area (Å²) in [4.78, 5) is 14.6. The van der Waals surface area contributed by atoms with Gasteiger partial charge in [-0.25, -0.2) is 15.0 Å². The maximum atomic E-state index is 14.4. The van der Waals surface area contributed by atoms with Gasteiger partial charge in [-0.3, -0.25) is 0 Å². The van der Waals surface area contributed by atoms with Gasteiger partial charge in [-0.2, -0.15) is 57.9 Å². The Morgan fingerprint density at radius 1 is 0.312 bits per heavy atom. The third-order valence-corrected chi connectivity index (χ3v) is 13.9. The van der Waals surface area contributed by atoms with Crippen molar-refractivity contribution in [1.29, 1.82) is 5.26 Å². The van der Waals surface area contributed by atoms with Gasteiger partial charge in [-0.05, 0) is 115 Å². The van der Waals surface area contributed by atoms with E-state index in [1.54, 1.807) is 78.9 Å². The first-order valence-electron chi connectivity index (χ1n) is 24.3. The zero-order valence-corrected chi connectivity index (χ0v) is 40.7. The Hall–Kier alpha value is -9.76. The van der Waals surface area contributed by atoms with E-state index < -0.39 is 47.0 Å². The first-order chi connectivity index (χ1) is 38.1. The summed E-state index contributed by atoms with van der Waals surface area (Å²) < 4.78 is 176. The molecule has 0 amide bonds. The zero-order valence-electron chi connectivity index (χ0n) is 40.7. The predicted molar refractivity (Wildman–Crippen MR) is 280 cm³/mol. The van der Waals surface area contributed by atoms with Crippen LogP contribution in [0.4, 0.5) is 52.7 Å². The van der Waals surface area contributed by atoms with E-state index in [0.29, 0.717) is 33.9 Å². The summed E-state index contributed by atoms with van der Waals surface area (Å²) >= 11 is 0. The Morgan fingerprint density at radius 2 is 0.650 bits per heavy atom. The van der Waals surface area contributed by atoms with E-state index in [9.17, 15) is 57.9 Å². The normalized spacial score (nSPS) is 12.5. The molecule has 0 saturated carbocycles. The molecule has 0 radical (unpaired) electrons. The van der Waals surface area contributed by atoms with E-state index >= 15 is 0 Å². The summed E-state index contributed by atoms with van der Waals surface area (Å²) in [6, 6.07) is 47.5. The number of halogens is 12. The summed E-state index contributed by atoms with van der Waals surface area (Å²) in [6.07, 6.45) is -19.5. The summed E-state index contributed by atoms with van der Waals surface area (Å²) in [7, 11) is 0. The lowest BCUT2D eigenvalue weighted by Gasteiger charge is -2.20. The van der Waals surface area contributed by atoms with Crippen molar-refractivity contribution in [2.24, 2.45) is 0 Å². The van der Waals surface area contributed by atoms with Crippen molar-refractivity contribution in [2.75, 3.05) is 0 Å². The number of benzene rings is 9. The van der Waals surface area contributed by atoms with E-state index in [-0.39, 0.29) is 83.1 Å². The van der Waals surface area contributed by atoms with Crippen LogP contribution in [-0.2, 0) is 24.7 Å². The molecule has 6 nitrogen and oxygen atoms in total. The quantitative estimate of drug-likeness (QED) is 0.149. The van der Waals surface area contributed by atoms with Gasteiger partial charge in [0.1, 0.15) is 0 Å². The highest BCUT2D eigenvalue weighted by molar-refractivity contribution is 6.12. The number of nitrogens with zero attached hydrogens (tertiary/aromatic N) is 6. The number of aromatic nitrogens is 5. The standard InChI is InChI=1S/C62H32F12N6/c63-59(64,65)39-17-23-52-46(29-39)47-30-40(60(66,67)68)18-24-53(47)79(52)50-22-16-37(58-77-56(34-9-3-1-4-10-34)76-57(78-58)35-11-5-2-6-12-35)28-44(50)36-15-21-51(45(27-36)43-14-8-7-13-38(43)33-75)80-54-25-19-41(61(69,70)71)31-48(54)49-32-42(62(72,73)74)20-26-55(49)80/h1-32H. The highest BCUT2D eigenvalue weighted by Gasteiger charge is 2.36. The second kappa shape index (κ2) is 18.7. The third-order valence-electron chi connectivity index (χ3n) is 13.9. The molecule has 0 unspecified atom stereocenters. The van der Waals surface area contributed by atoms with Crippen molar-refractivity contribution < 1.29 is 52.7 Å². The van der Waals surface area contributed by atoms with Crippen molar-refractivity contribution in [3.63, 3.8) is 0 Å². The summed E-state index contributed by atoms with van der Waals surface area (Å²) in [6.45, 7) is 0. The average Bonchev–Trinajstić information content (AvgIpc) is 3.39. The summed E-state index contributed by atoms with van der Waals surface area (Å²) in [5, 5.41) is 9.98. The first kappa shape index (κ1) is 51.0. The van der Waals surface area contributed by atoms with Crippen LogP contribution in [0.5, 0.6) is 0 Å². The van der Waals surface area contributed by atoms with Crippen LogP contribution in [-0.4, -0.2) is 24.1 Å². The minimum Gasteiger partial charge on any atom is -0.309 e. The molecular formula is C62H32F12N6. The van der Waals surface area contributed by atoms with Gasteiger partial charge in [0.05, 0.1) is 67.3 Å². The number of hydrogen-bond donors (Lipinski definition) is 0. The fraction of sp³-hybridized carbons (Fsp3) is 0.0645. The van der Waals surface area contributed by atoms with Gasteiger partial charge in [0.15, 0.2) is 17.5 Å². The molecule has 80 heavy (non-hydrogen) atoms. The molecule has 0 N–H and O–H groups in total. The number of alkyl halides is 12. The van der Waals surface area contributed by atoms with E-state index in [4.69, 9.17) is 15.0 Å². The van der Waals surface area contributed by atoms with Gasteiger partial charge < -0.3 is 9.13 Å². The number of nitriles is 1. The average molecular weight is 1090 g/mol. The smallest absolute Gasteiger partial charge is 0.309 e. The first-order valence-corrected chi connectivity index (χ1v) is 24.3. The fourth-order valence-electron chi connectivity index (χ4n) is 10.2. The van der Waals surface area contributed by atoms with Gasteiger partial charge in [0.2, 0.25) is 0 Å². The lowest BCUT2D eigenvalue weighted by molar-refractivity contribution is -0.138. The predicted octanol–water partition coefficient (Wildman–Crippen LogP) is 18.3. The van der Waals surface area contributed by atoms with Gasteiger partial charge >= 0.3 is 24.7 Å². The Bertz CT molecular complexity index is 4290. The Balaban J connectivity index is 1.18. The zero-order chi connectivity index (χ0) is 56.0. The molecule has 0 aliphatic rings. The second-order valence-electron chi connectivity index (χ2n) is 18.7. The maximum Gasteiger partial charge on any atom is 0.416 e. The molecule has 3 aromatic heterocycles. The van der Waals surface area contributed by atoms with Crippen molar-refractivity contribution in [3.05, 3.63) is 222 Å². The van der Waals surface area contributed by atoms with Crippen LogP contribution >= 0.6 is 0 Å². The molecule has 0 saturated heterocycles. The minimum atomic E-state index is -4.88. The number of rotatable bonds is 7. The Kier molecular flexibility index (Phi) is 11.9. The van der Waals surface area contributed by atoms with E-state index in [1.165, 1.54) is 27.3 Å². The van der Waals surface area contributed by atoms with Crippen LogP contribution in [0.15, 0.2) is 194 Å². The Morgan fingerprint density at radius 3 is 1.04 bits per heavy atom. The summed E-state index contributed by atoms with van der Waals surface area (Å²) in [5.74, 6) is 0.740. The molecule has 0 aliphatic heterocycles. The second-order valence-corrected chi connectivity index (χ2v) is 18.7. The SMILES string of the molecule is N#Cc1ccccc1-c1cc(-c2cc(-c3nc(-c4ccccc4)nc(-c4ccccc4)n3)ccc2-n2c3ccc(C(F)(F)F)cc3c3cc(C(F)(F)F)ccc32)ccc1-n1c2ccc(C(F)(F)F)cc2c2cc(C(F)(F)F)ccc21.